The number of ether oxygens (including phenoxy) is 3. The molecule has 0 spiro atoms. The average Bonchev–Trinajstić information content (AvgIpc) is 2.54. The van der Waals surface area contributed by atoms with Gasteiger partial charge in [-0.2, -0.15) is 0 Å². The van der Waals surface area contributed by atoms with Gasteiger partial charge in [-0.15, -0.1) is 0 Å². The fraction of sp³-hybridized carbons (Fsp3) is 0.316. The molecule has 0 aromatic heterocycles. The number of carbonyl (C=O) groups excluding carboxylic acids is 1. The number of hydrogen-bond donors (Lipinski definition) is 0. The summed E-state index contributed by atoms with van der Waals surface area (Å²) in [6.45, 7) is 7.24. The van der Waals surface area contributed by atoms with Gasteiger partial charge in [0.15, 0.2) is 11.5 Å². The summed E-state index contributed by atoms with van der Waals surface area (Å²) in [5.74, 6) is 1.25. The Labute approximate surface area is 137 Å². The van der Waals surface area contributed by atoms with Crippen molar-refractivity contribution in [1.82, 2.24) is 0 Å². The lowest BCUT2D eigenvalue weighted by atomic mass is 10.1. The van der Waals surface area contributed by atoms with Crippen molar-refractivity contribution in [3.05, 3.63) is 53.6 Å². The Kier molecular flexibility index (Phi) is 6.03. The van der Waals surface area contributed by atoms with Gasteiger partial charge in [-0.25, -0.2) is 4.79 Å². The van der Waals surface area contributed by atoms with E-state index in [2.05, 4.69) is 0 Å². The summed E-state index contributed by atoms with van der Waals surface area (Å²) >= 11 is 0. The SMILES string of the molecule is CCOC(=O)/C=C(C)/C=C/C=C(\C)c1ccc2c(c1)OCCO2. The molecule has 1 aliphatic heterocycles. The Hall–Kier alpha value is -2.49. The van der Waals surface area contributed by atoms with E-state index in [4.69, 9.17) is 14.2 Å². The van der Waals surface area contributed by atoms with Crippen LogP contribution in [0.15, 0.2) is 48.1 Å². The molecule has 0 amide bonds. The molecule has 0 bridgehead atoms. The molecule has 1 aromatic rings. The van der Waals surface area contributed by atoms with Gasteiger partial charge in [0, 0.05) is 6.08 Å². The van der Waals surface area contributed by atoms with E-state index in [1.807, 2.05) is 50.3 Å². The van der Waals surface area contributed by atoms with Gasteiger partial charge in [-0.1, -0.05) is 24.3 Å². The predicted molar refractivity (Wildman–Crippen MR) is 90.6 cm³/mol. The van der Waals surface area contributed by atoms with Crippen LogP contribution in [-0.4, -0.2) is 25.8 Å². The zero-order chi connectivity index (χ0) is 16.7. The van der Waals surface area contributed by atoms with Crippen LogP contribution < -0.4 is 9.47 Å². The molecular formula is C19H22O4. The van der Waals surface area contributed by atoms with E-state index in [1.54, 1.807) is 6.92 Å². The van der Waals surface area contributed by atoms with Crippen LogP contribution in [-0.2, 0) is 9.53 Å². The highest BCUT2D eigenvalue weighted by Gasteiger charge is 2.11. The Balaban J connectivity index is 2.05. The van der Waals surface area contributed by atoms with Crippen molar-refractivity contribution in [2.75, 3.05) is 19.8 Å². The first-order valence-electron chi connectivity index (χ1n) is 7.70. The molecule has 4 heteroatoms. The minimum absolute atomic E-state index is 0.317. The van der Waals surface area contributed by atoms with E-state index in [9.17, 15) is 4.79 Å². The summed E-state index contributed by atoms with van der Waals surface area (Å²) in [4.78, 5) is 11.3. The Bertz CT molecular complexity index is 653. The van der Waals surface area contributed by atoms with Crippen molar-refractivity contribution in [2.24, 2.45) is 0 Å². The molecule has 2 rings (SSSR count). The van der Waals surface area contributed by atoms with Crippen LogP contribution in [0.4, 0.5) is 0 Å². The first-order valence-corrected chi connectivity index (χ1v) is 7.70. The fourth-order valence-electron chi connectivity index (χ4n) is 2.15. The molecule has 0 aliphatic carbocycles. The molecule has 1 heterocycles. The second-order valence-electron chi connectivity index (χ2n) is 5.21. The van der Waals surface area contributed by atoms with Crippen LogP contribution in [0.25, 0.3) is 5.57 Å². The second-order valence-corrected chi connectivity index (χ2v) is 5.21. The van der Waals surface area contributed by atoms with E-state index >= 15 is 0 Å². The van der Waals surface area contributed by atoms with Crippen molar-refractivity contribution < 1.29 is 19.0 Å². The van der Waals surface area contributed by atoms with Gasteiger partial charge >= 0.3 is 5.97 Å². The van der Waals surface area contributed by atoms with Crippen molar-refractivity contribution in [1.29, 1.82) is 0 Å². The molecule has 0 atom stereocenters. The molecule has 0 N–H and O–H groups in total. The van der Waals surface area contributed by atoms with Gasteiger partial charge in [-0.3, -0.25) is 0 Å². The molecule has 4 nitrogen and oxygen atoms in total. The van der Waals surface area contributed by atoms with Crippen molar-refractivity contribution in [3.63, 3.8) is 0 Å². The summed E-state index contributed by atoms with van der Waals surface area (Å²) in [6, 6.07) is 5.92. The van der Waals surface area contributed by atoms with E-state index in [0.717, 1.165) is 28.2 Å². The predicted octanol–water partition coefficient (Wildman–Crippen LogP) is 3.93. The third-order valence-electron chi connectivity index (χ3n) is 3.33. The summed E-state index contributed by atoms with van der Waals surface area (Å²) in [5, 5.41) is 0. The summed E-state index contributed by atoms with van der Waals surface area (Å²) in [6.07, 6.45) is 7.26. The van der Waals surface area contributed by atoms with Crippen molar-refractivity contribution in [2.45, 2.75) is 20.8 Å². The van der Waals surface area contributed by atoms with Crippen LogP contribution in [0, 0.1) is 0 Å². The minimum Gasteiger partial charge on any atom is -0.486 e. The smallest absolute Gasteiger partial charge is 0.330 e. The zero-order valence-corrected chi connectivity index (χ0v) is 13.8. The van der Waals surface area contributed by atoms with E-state index in [1.165, 1.54) is 6.08 Å². The van der Waals surface area contributed by atoms with Crippen LogP contribution in [0.1, 0.15) is 26.3 Å². The van der Waals surface area contributed by atoms with Crippen LogP contribution in [0.3, 0.4) is 0 Å². The van der Waals surface area contributed by atoms with Gasteiger partial charge in [0.2, 0.25) is 0 Å². The van der Waals surface area contributed by atoms with E-state index in [-0.39, 0.29) is 5.97 Å². The van der Waals surface area contributed by atoms with Gasteiger partial charge in [0.05, 0.1) is 6.61 Å². The van der Waals surface area contributed by atoms with Crippen LogP contribution in [0.5, 0.6) is 11.5 Å². The zero-order valence-electron chi connectivity index (χ0n) is 13.8. The molecule has 0 radical (unpaired) electrons. The lowest BCUT2D eigenvalue weighted by Gasteiger charge is -2.18. The number of esters is 1. The number of allylic oxidation sites excluding steroid dienone is 5. The lowest BCUT2D eigenvalue weighted by Crippen LogP contribution is -2.15. The third-order valence-corrected chi connectivity index (χ3v) is 3.33. The molecule has 23 heavy (non-hydrogen) atoms. The quantitative estimate of drug-likeness (QED) is 0.469. The minimum atomic E-state index is -0.317. The van der Waals surface area contributed by atoms with Gasteiger partial charge in [-0.05, 0) is 49.6 Å². The number of hydrogen-bond acceptors (Lipinski definition) is 4. The Morgan fingerprint density at radius 3 is 2.70 bits per heavy atom. The molecule has 0 unspecified atom stereocenters. The normalized spacial score (nSPS) is 14.9. The molecule has 0 saturated heterocycles. The Morgan fingerprint density at radius 2 is 1.96 bits per heavy atom. The molecule has 0 fully saturated rings. The van der Waals surface area contributed by atoms with Crippen molar-refractivity contribution >= 4 is 11.5 Å². The number of benzene rings is 1. The number of carbonyl (C=O) groups is 1. The first-order chi connectivity index (χ1) is 11.1. The monoisotopic (exact) mass is 314 g/mol. The highest BCUT2D eigenvalue weighted by Crippen LogP contribution is 2.32. The van der Waals surface area contributed by atoms with Crippen LogP contribution >= 0.6 is 0 Å². The summed E-state index contributed by atoms with van der Waals surface area (Å²) in [5.41, 5.74) is 3.02. The highest BCUT2D eigenvalue weighted by atomic mass is 16.6. The fourth-order valence-corrected chi connectivity index (χ4v) is 2.15. The van der Waals surface area contributed by atoms with Gasteiger partial charge in [0.25, 0.3) is 0 Å². The highest BCUT2D eigenvalue weighted by molar-refractivity contribution is 5.83. The lowest BCUT2D eigenvalue weighted by molar-refractivity contribution is -0.137. The summed E-state index contributed by atoms with van der Waals surface area (Å²) < 4.78 is 16.0. The topological polar surface area (TPSA) is 44.8 Å². The van der Waals surface area contributed by atoms with Crippen molar-refractivity contribution in [3.8, 4) is 11.5 Å². The molecular weight excluding hydrogens is 292 g/mol. The van der Waals surface area contributed by atoms with Gasteiger partial charge in [0.1, 0.15) is 13.2 Å². The van der Waals surface area contributed by atoms with E-state index in [0.29, 0.717) is 19.8 Å². The Morgan fingerprint density at radius 1 is 1.22 bits per heavy atom. The number of fused-ring (bicyclic) bond motifs is 1. The van der Waals surface area contributed by atoms with Gasteiger partial charge < -0.3 is 14.2 Å². The molecule has 122 valence electrons. The maximum Gasteiger partial charge on any atom is 0.330 e. The maximum atomic E-state index is 11.3. The maximum absolute atomic E-state index is 11.3. The molecule has 1 aliphatic rings. The second kappa shape index (κ2) is 8.22. The largest absolute Gasteiger partial charge is 0.486 e. The average molecular weight is 314 g/mol. The number of rotatable bonds is 5. The first kappa shape index (κ1) is 16.9. The standard InChI is InChI=1S/C19H22O4/c1-4-21-19(20)12-14(2)6-5-7-15(3)16-8-9-17-18(13-16)23-11-10-22-17/h5-9,12-13H,4,10-11H2,1-3H3/b6-5+,14-12+,15-7+. The van der Waals surface area contributed by atoms with Crippen LogP contribution in [0.2, 0.25) is 0 Å². The summed E-state index contributed by atoms with van der Waals surface area (Å²) in [7, 11) is 0. The molecule has 0 saturated carbocycles. The third kappa shape index (κ3) is 5.02. The van der Waals surface area contributed by atoms with E-state index < -0.39 is 0 Å². The molecule has 1 aromatic carbocycles.